The smallest absolute Gasteiger partial charge is 0.123 e. The van der Waals surface area contributed by atoms with Crippen LogP contribution in [0.2, 0.25) is 0 Å². The first kappa shape index (κ1) is 37.9. The monoisotopic (exact) mass is 602 g/mol. The molecule has 0 amide bonds. The zero-order chi connectivity index (χ0) is 30.8. The molecule has 1 N–H and O–H groups in total. The number of nitrogens with zero attached hydrogens (tertiary/aromatic N) is 1. The summed E-state index contributed by atoms with van der Waals surface area (Å²) in [4.78, 5) is 2.37. The van der Waals surface area contributed by atoms with Gasteiger partial charge in [0, 0.05) is 19.2 Å². The third-order valence-electron chi connectivity index (χ3n) is 9.48. The molecule has 1 atom stereocenters. The molecule has 1 aliphatic carbocycles. The second-order valence-electron chi connectivity index (χ2n) is 13.6. The number of aliphatic hydroxyl groups is 1. The summed E-state index contributed by atoms with van der Waals surface area (Å²) in [6.07, 6.45) is 31.0. The first-order valence-electron chi connectivity index (χ1n) is 18.9. The van der Waals surface area contributed by atoms with Crippen LogP contribution in [0, 0.1) is 5.92 Å². The van der Waals surface area contributed by atoms with Crippen LogP contribution >= 0.6 is 0 Å². The van der Waals surface area contributed by atoms with Gasteiger partial charge in [-0.1, -0.05) is 129 Å². The molecule has 0 aliphatic heterocycles. The Hall–Kier alpha value is -1.26. The van der Waals surface area contributed by atoms with Gasteiger partial charge in [0.15, 0.2) is 0 Å². The average molecular weight is 602 g/mol. The number of ether oxygens (including phenoxy) is 2. The third kappa shape index (κ3) is 19.7. The summed E-state index contributed by atoms with van der Waals surface area (Å²) in [5, 5.41) is 9.56. The van der Waals surface area contributed by atoms with E-state index in [1.807, 2.05) is 0 Å². The molecular formula is C39H71NO3. The molecule has 4 nitrogen and oxygen atoms in total. The van der Waals surface area contributed by atoms with Gasteiger partial charge in [-0.15, -0.1) is 0 Å². The number of aryl methyl sites for hydroxylation is 1. The number of aliphatic hydroxyl groups excluding tert-OH is 1. The molecule has 0 spiro atoms. The van der Waals surface area contributed by atoms with Crippen LogP contribution in [0.1, 0.15) is 168 Å². The van der Waals surface area contributed by atoms with Gasteiger partial charge < -0.3 is 14.6 Å². The molecule has 1 aliphatic rings. The van der Waals surface area contributed by atoms with E-state index in [9.17, 15) is 5.11 Å². The van der Waals surface area contributed by atoms with E-state index in [4.69, 9.17) is 9.47 Å². The second kappa shape index (κ2) is 26.0. The lowest BCUT2D eigenvalue weighted by molar-refractivity contribution is 0.150. The van der Waals surface area contributed by atoms with Crippen molar-refractivity contribution in [3.8, 4) is 11.5 Å². The minimum Gasteiger partial charge on any atom is -0.492 e. The fourth-order valence-corrected chi connectivity index (χ4v) is 6.34. The topological polar surface area (TPSA) is 41.9 Å². The van der Waals surface area contributed by atoms with Crippen LogP contribution in [0.4, 0.5) is 0 Å². The van der Waals surface area contributed by atoms with Crippen molar-refractivity contribution in [1.82, 2.24) is 4.90 Å². The maximum absolute atomic E-state index is 9.56. The summed E-state index contributed by atoms with van der Waals surface area (Å²) in [7, 11) is 0. The van der Waals surface area contributed by atoms with Crippen LogP contribution in [-0.4, -0.2) is 49.0 Å². The predicted octanol–water partition coefficient (Wildman–Crippen LogP) is 10.9. The molecule has 0 saturated heterocycles. The highest BCUT2D eigenvalue weighted by Gasteiger charge is 2.18. The van der Waals surface area contributed by atoms with Gasteiger partial charge in [0.25, 0.3) is 0 Å². The van der Waals surface area contributed by atoms with Gasteiger partial charge in [0.05, 0.1) is 12.7 Å². The van der Waals surface area contributed by atoms with Crippen molar-refractivity contribution in [2.24, 2.45) is 5.92 Å². The molecule has 1 aromatic carbocycles. The van der Waals surface area contributed by atoms with Gasteiger partial charge in [-0.3, -0.25) is 4.90 Å². The van der Waals surface area contributed by atoms with Crippen LogP contribution in [0.3, 0.4) is 0 Å². The predicted molar refractivity (Wildman–Crippen MR) is 186 cm³/mol. The number of unbranched alkanes of at least 4 members (excludes halogenated alkanes) is 15. The average Bonchev–Trinajstić information content (AvgIpc) is 2.97. The molecule has 1 saturated carbocycles. The van der Waals surface area contributed by atoms with Gasteiger partial charge in [-0.05, 0) is 69.2 Å². The van der Waals surface area contributed by atoms with E-state index in [-0.39, 0.29) is 12.7 Å². The standard InChI is InChI=1S/C39H71NO3/c1-4-6-8-10-11-12-13-14-15-16-17-18-20-23-37-32-38(34-39(33-37)43-35(3)22-19-9-7-5-2)42-31-29-40(28-30-41)27-26-36-24-21-25-36/h32-36,41H,4-31H2,1-3H3. The van der Waals surface area contributed by atoms with E-state index in [1.54, 1.807) is 0 Å². The van der Waals surface area contributed by atoms with E-state index in [0.717, 1.165) is 49.9 Å². The van der Waals surface area contributed by atoms with Crippen molar-refractivity contribution in [3.05, 3.63) is 23.8 Å². The molecule has 43 heavy (non-hydrogen) atoms. The Morgan fingerprint density at radius 2 is 1.30 bits per heavy atom. The second-order valence-corrected chi connectivity index (χ2v) is 13.6. The zero-order valence-electron chi connectivity index (χ0n) is 28.9. The van der Waals surface area contributed by atoms with Gasteiger partial charge in [0.1, 0.15) is 18.1 Å². The Bertz CT molecular complexity index is 765. The van der Waals surface area contributed by atoms with Crippen molar-refractivity contribution in [2.75, 3.05) is 32.8 Å². The molecule has 2 rings (SSSR count). The molecule has 250 valence electrons. The van der Waals surface area contributed by atoms with E-state index in [1.165, 1.54) is 140 Å². The molecule has 0 radical (unpaired) electrons. The lowest BCUT2D eigenvalue weighted by Gasteiger charge is -2.29. The summed E-state index contributed by atoms with van der Waals surface area (Å²) in [6, 6.07) is 6.59. The molecule has 0 aromatic heterocycles. The Morgan fingerprint density at radius 1 is 0.721 bits per heavy atom. The van der Waals surface area contributed by atoms with Crippen molar-refractivity contribution >= 4 is 0 Å². The highest BCUT2D eigenvalue weighted by atomic mass is 16.5. The van der Waals surface area contributed by atoms with Gasteiger partial charge in [-0.25, -0.2) is 0 Å². The molecular weight excluding hydrogens is 530 g/mol. The van der Waals surface area contributed by atoms with Crippen LogP contribution in [0.5, 0.6) is 11.5 Å². The summed E-state index contributed by atoms with van der Waals surface area (Å²) in [6.45, 7) is 10.3. The summed E-state index contributed by atoms with van der Waals surface area (Å²) >= 11 is 0. The van der Waals surface area contributed by atoms with E-state index in [2.05, 4.69) is 43.9 Å². The summed E-state index contributed by atoms with van der Waals surface area (Å²) in [5.41, 5.74) is 1.34. The molecule has 4 heteroatoms. The molecule has 0 heterocycles. The summed E-state index contributed by atoms with van der Waals surface area (Å²) in [5.74, 6) is 2.79. The molecule has 1 unspecified atom stereocenters. The molecule has 1 fully saturated rings. The van der Waals surface area contributed by atoms with Crippen LogP contribution < -0.4 is 9.47 Å². The van der Waals surface area contributed by atoms with Crippen LogP contribution in [0.25, 0.3) is 0 Å². The van der Waals surface area contributed by atoms with E-state index < -0.39 is 0 Å². The lowest BCUT2D eigenvalue weighted by Crippen LogP contribution is -2.33. The SMILES string of the molecule is CCCCCCCCCCCCCCCc1cc(OCCN(CCO)CCC2CCC2)cc(OC(C)CCCCCC)c1. The first-order chi connectivity index (χ1) is 21.1. The fourth-order valence-electron chi connectivity index (χ4n) is 6.34. The molecule has 1 aromatic rings. The number of benzene rings is 1. The van der Waals surface area contributed by atoms with Gasteiger partial charge >= 0.3 is 0 Å². The van der Waals surface area contributed by atoms with Gasteiger partial charge in [-0.2, -0.15) is 0 Å². The number of hydrogen-bond acceptors (Lipinski definition) is 4. The Kier molecular flexibility index (Phi) is 22.9. The Labute approximate surface area is 267 Å². The number of hydrogen-bond donors (Lipinski definition) is 1. The van der Waals surface area contributed by atoms with E-state index >= 15 is 0 Å². The maximum Gasteiger partial charge on any atom is 0.123 e. The Balaban J connectivity index is 1.76. The van der Waals surface area contributed by atoms with Crippen molar-refractivity contribution < 1.29 is 14.6 Å². The number of rotatable bonds is 30. The highest BCUT2D eigenvalue weighted by Crippen LogP contribution is 2.29. The van der Waals surface area contributed by atoms with Crippen molar-refractivity contribution in [3.63, 3.8) is 0 Å². The molecule has 0 bridgehead atoms. The summed E-state index contributed by atoms with van der Waals surface area (Å²) < 4.78 is 12.7. The van der Waals surface area contributed by atoms with Crippen molar-refractivity contribution in [1.29, 1.82) is 0 Å². The van der Waals surface area contributed by atoms with Crippen LogP contribution in [-0.2, 0) is 6.42 Å². The largest absolute Gasteiger partial charge is 0.492 e. The fraction of sp³-hybridized carbons (Fsp3) is 0.846. The highest BCUT2D eigenvalue weighted by molar-refractivity contribution is 5.38. The Morgan fingerprint density at radius 3 is 1.88 bits per heavy atom. The quantitative estimate of drug-likeness (QED) is 0.0891. The van der Waals surface area contributed by atoms with Crippen molar-refractivity contribution in [2.45, 2.75) is 175 Å². The normalized spacial score (nSPS) is 14.3. The first-order valence-corrected chi connectivity index (χ1v) is 18.9. The van der Waals surface area contributed by atoms with Crippen LogP contribution in [0.15, 0.2) is 18.2 Å². The zero-order valence-corrected chi connectivity index (χ0v) is 28.9. The minimum absolute atomic E-state index is 0.216. The third-order valence-corrected chi connectivity index (χ3v) is 9.48. The lowest BCUT2D eigenvalue weighted by atomic mass is 9.83. The minimum atomic E-state index is 0.216. The maximum atomic E-state index is 9.56. The van der Waals surface area contributed by atoms with E-state index in [0.29, 0.717) is 6.61 Å². The van der Waals surface area contributed by atoms with Gasteiger partial charge in [0.2, 0.25) is 0 Å².